The Morgan fingerprint density at radius 3 is 3.05 bits per heavy atom. The van der Waals surface area contributed by atoms with Gasteiger partial charge in [-0.05, 0) is 19.4 Å². The van der Waals surface area contributed by atoms with Crippen LogP contribution in [0.25, 0.3) is 10.6 Å². The zero-order chi connectivity index (χ0) is 14.7. The van der Waals surface area contributed by atoms with Gasteiger partial charge in [-0.3, -0.25) is 9.89 Å². The molecule has 6 nitrogen and oxygen atoms in total. The Balaban J connectivity index is 0.00000176. The number of hydrogen-bond acceptors (Lipinski definition) is 5. The molecule has 1 unspecified atom stereocenters. The molecule has 0 spiro atoms. The maximum atomic E-state index is 12.7. The molecule has 1 saturated heterocycles. The van der Waals surface area contributed by atoms with Gasteiger partial charge in [0.2, 0.25) is 0 Å². The number of aromatic nitrogens is 3. The molecule has 2 aromatic heterocycles. The third kappa shape index (κ3) is 3.48. The van der Waals surface area contributed by atoms with E-state index in [1.165, 1.54) is 11.3 Å². The van der Waals surface area contributed by atoms with Crippen LogP contribution < -0.4 is 5.32 Å². The number of amides is 1. The second-order valence-electron chi connectivity index (χ2n) is 5.17. The molecule has 1 aliphatic heterocycles. The molecule has 0 radical (unpaired) electrons. The third-order valence-electron chi connectivity index (χ3n) is 3.67. The summed E-state index contributed by atoms with van der Waals surface area (Å²) in [6.45, 7) is 4.74. The van der Waals surface area contributed by atoms with Crippen LogP contribution in [0.1, 0.15) is 30.3 Å². The first-order chi connectivity index (χ1) is 10.3. The number of aromatic amines is 1. The third-order valence-corrected chi connectivity index (χ3v) is 4.56. The molecule has 0 saturated carbocycles. The number of hydrogen-bond donors (Lipinski definition) is 2. The molecule has 3 heterocycles. The molecule has 1 fully saturated rings. The standard InChI is InChI=1S/C14H19N5OS.ClH/c1-2-5-19(11-3-4-15-8-11)14(20)12-9-21-13(18-12)10-6-16-17-7-10;/h6-7,9,11,15H,2-5,8H2,1H3,(H,16,17);1H. The normalized spacial score (nSPS) is 17.2. The van der Waals surface area contributed by atoms with Gasteiger partial charge in [-0.15, -0.1) is 23.7 Å². The van der Waals surface area contributed by atoms with Gasteiger partial charge >= 0.3 is 0 Å². The van der Waals surface area contributed by atoms with Gasteiger partial charge in [0.05, 0.1) is 6.20 Å². The van der Waals surface area contributed by atoms with Crippen LogP contribution in [0.2, 0.25) is 0 Å². The van der Waals surface area contributed by atoms with E-state index in [0.29, 0.717) is 5.69 Å². The minimum atomic E-state index is 0. The van der Waals surface area contributed by atoms with Crippen molar-refractivity contribution in [2.75, 3.05) is 19.6 Å². The van der Waals surface area contributed by atoms with Gasteiger partial charge in [-0.2, -0.15) is 5.10 Å². The summed E-state index contributed by atoms with van der Waals surface area (Å²) in [4.78, 5) is 19.2. The fraction of sp³-hybridized carbons (Fsp3) is 0.500. The fourth-order valence-corrected chi connectivity index (χ4v) is 3.39. The molecule has 0 aliphatic carbocycles. The monoisotopic (exact) mass is 341 g/mol. The van der Waals surface area contributed by atoms with Gasteiger partial charge in [0.15, 0.2) is 0 Å². The van der Waals surface area contributed by atoms with Gasteiger partial charge < -0.3 is 10.2 Å². The van der Waals surface area contributed by atoms with Crippen LogP contribution in [-0.2, 0) is 0 Å². The molecule has 1 amide bonds. The zero-order valence-corrected chi connectivity index (χ0v) is 14.0. The van der Waals surface area contributed by atoms with Crippen molar-refractivity contribution in [2.24, 2.45) is 0 Å². The number of carbonyl (C=O) groups is 1. The van der Waals surface area contributed by atoms with Crippen molar-refractivity contribution < 1.29 is 4.79 Å². The average Bonchev–Trinajstić information content (AvgIpc) is 3.25. The minimum absolute atomic E-state index is 0. The molecule has 3 rings (SSSR count). The van der Waals surface area contributed by atoms with Crippen LogP contribution in [0.5, 0.6) is 0 Å². The highest BCUT2D eigenvalue weighted by molar-refractivity contribution is 7.13. The van der Waals surface area contributed by atoms with Crippen molar-refractivity contribution in [3.63, 3.8) is 0 Å². The lowest BCUT2D eigenvalue weighted by molar-refractivity contribution is 0.0687. The molecule has 120 valence electrons. The van der Waals surface area contributed by atoms with Gasteiger partial charge in [0, 0.05) is 36.3 Å². The smallest absolute Gasteiger partial charge is 0.273 e. The molecule has 22 heavy (non-hydrogen) atoms. The highest BCUT2D eigenvalue weighted by atomic mass is 35.5. The Labute approximate surface area is 139 Å². The number of carbonyl (C=O) groups excluding carboxylic acids is 1. The van der Waals surface area contributed by atoms with Crippen LogP contribution >= 0.6 is 23.7 Å². The summed E-state index contributed by atoms with van der Waals surface area (Å²) >= 11 is 1.48. The van der Waals surface area contributed by atoms with Crippen molar-refractivity contribution in [3.05, 3.63) is 23.5 Å². The topological polar surface area (TPSA) is 73.9 Å². The maximum absolute atomic E-state index is 12.7. The second kappa shape index (κ2) is 7.71. The Bertz CT molecular complexity index is 594. The zero-order valence-electron chi connectivity index (χ0n) is 12.4. The van der Waals surface area contributed by atoms with Crippen molar-refractivity contribution in [3.8, 4) is 10.6 Å². The van der Waals surface area contributed by atoms with E-state index in [1.807, 2.05) is 10.3 Å². The number of H-pyrrole nitrogens is 1. The molecule has 1 aliphatic rings. The second-order valence-corrected chi connectivity index (χ2v) is 6.03. The Kier molecular flexibility index (Phi) is 5.93. The Morgan fingerprint density at radius 1 is 1.55 bits per heavy atom. The quantitative estimate of drug-likeness (QED) is 0.874. The summed E-state index contributed by atoms with van der Waals surface area (Å²) in [5.41, 5.74) is 1.46. The first-order valence-electron chi connectivity index (χ1n) is 7.26. The van der Waals surface area contributed by atoms with Gasteiger partial charge in [-0.25, -0.2) is 4.98 Å². The predicted octanol–water partition coefficient (Wildman–Crippen LogP) is 2.17. The van der Waals surface area contributed by atoms with E-state index in [9.17, 15) is 4.79 Å². The van der Waals surface area contributed by atoms with Crippen LogP contribution in [-0.4, -0.2) is 51.7 Å². The number of nitrogens with zero attached hydrogens (tertiary/aromatic N) is 3. The Hall–Kier alpha value is -1.44. The summed E-state index contributed by atoms with van der Waals surface area (Å²) < 4.78 is 0. The summed E-state index contributed by atoms with van der Waals surface area (Å²) in [7, 11) is 0. The SMILES string of the molecule is CCCN(C(=O)c1csc(-c2cn[nH]c2)n1)C1CCNC1.Cl. The van der Waals surface area contributed by atoms with Crippen LogP contribution in [0.4, 0.5) is 0 Å². The van der Waals surface area contributed by atoms with Gasteiger partial charge in [0.1, 0.15) is 10.7 Å². The lowest BCUT2D eigenvalue weighted by Gasteiger charge is -2.27. The first-order valence-corrected chi connectivity index (χ1v) is 8.14. The van der Waals surface area contributed by atoms with Crippen LogP contribution in [0.3, 0.4) is 0 Å². The lowest BCUT2D eigenvalue weighted by Crippen LogP contribution is -2.42. The van der Waals surface area contributed by atoms with E-state index in [-0.39, 0.29) is 24.4 Å². The van der Waals surface area contributed by atoms with Crippen LogP contribution in [0, 0.1) is 0 Å². The summed E-state index contributed by atoms with van der Waals surface area (Å²) in [6.07, 6.45) is 5.49. The first kappa shape index (κ1) is 16.9. The van der Waals surface area contributed by atoms with Crippen molar-refractivity contribution >= 4 is 29.7 Å². The Morgan fingerprint density at radius 2 is 2.41 bits per heavy atom. The van der Waals surface area contributed by atoms with E-state index in [4.69, 9.17) is 0 Å². The highest BCUT2D eigenvalue weighted by Crippen LogP contribution is 2.24. The molecule has 0 aromatic carbocycles. The number of rotatable bonds is 5. The van der Waals surface area contributed by atoms with Crippen LogP contribution in [0.15, 0.2) is 17.8 Å². The molecule has 2 aromatic rings. The van der Waals surface area contributed by atoms with E-state index < -0.39 is 0 Å². The molecule has 0 bridgehead atoms. The van der Waals surface area contributed by atoms with E-state index in [2.05, 4.69) is 27.4 Å². The predicted molar refractivity (Wildman–Crippen MR) is 89.5 cm³/mol. The van der Waals surface area contributed by atoms with Gasteiger partial charge in [0.25, 0.3) is 5.91 Å². The minimum Gasteiger partial charge on any atom is -0.333 e. The van der Waals surface area contributed by atoms with Gasteiger partial charge in [-0.1, -0.05) is 6.92 Å². The molecular formula is C14H20ClN5OS. The number of thiazole rings is 1. The van der Waals surface area contributed by atoms with E-state index >= 15 is 0 Å². The van der Waals surface area contributed by atoms with Crippen molar-refractivity contribution in [1.29, 1.82) is 0 Å². The highest BCUT2D eigenvalue weighted by Gasteiger charge is 2.28. The summed E-state index contributed by atoms with van der Waals surface area (Å²) in [5, 5.41) is 12.7. The average molecular weight is 342 g/mol. The van der Waals surface area contributed by atoms with Crippen molar-refractivity contribution in [1.82, 2.24) is 25.4 Å². The number of nitrogens with one attached hydrogen (secondary N) is 2. The van der Waals surface area contributed by atoms with Crippen molar-refractivity contribution in [2.45, 2.75) is 25.8 Å². The fourth-order valence-electron chi connectivity index (χ4n) is 2.62. The summed E-state index contributed by atoms with van der Waals surface area (Å²) in [5.74, 6) is 0.0385. The maximum Gasteiger partial charge on any atom is 0.273 e. The number of halogens is 1. The molecular weight excluding hydrogens is 322 g/mol. The molecule has 1 atom stereocenters. The molecule has 2 N–H and O–H groups in total. The summed E-state index contributed by atoms with van der Waals surface area (Å²) in [6, 6.07) is 0.288. The van der Waals surface area contributed by atoms with E-state index in [0.717, 1.165) is 43.0 Å². The van der Waals surface area contributed by atoms with E-state index in [1.54, 1.807) is 12.4 Å². The lowest BCUT2D eigenvalue weighted by atomic mass is 10.2. The largest absolute Gasteiger partial charge is 0.333 e. The molecule has 8 heteroatoms.